The Balaban J connectivity index is 2.04. The minimum absolute atomic E-state index is 0.0165. The summed E-state index contributed by atoms with van der Waals surface area (Å²) < 4.78 is 0. The topological polar surface area (TPSA) is 78.4 Å². The van der Waals surface area contributed by atoms with Gasteiger partial charge < -0.3 is 15.7 Å². The van der Waals surface area contributed by atoms with Crippen LogP contribution >= 0.6 is 0 Å². The number of amides is 2. The van der Waals surface area contributed by atoms with Crippen molar-refractivity contribution in [2.75, 3.05) is 10.6 Å². The fourth-order valence-electron chi connectivity index (χ4n) is 2.17. The second-order valence-corrected chi connectivity index (χ2v) is 6.76. The second kappa shape index (κ2) is 6.74. The Labute approximate surface area is 141 Å². The van der Waals surface area contributed by atoms with Crippen LogP contribution in [0.4, 0.5) is 11.4 Å². The van der Waals surface area contributed by atoms with E-state index in [1.165, 1.54) is 6.07 Å². The van der Waals surface area contributed by atoms with Gasteiger partial charge in [-0.2, -0.15) is 0 Å². The number of phenolic OH excluding ortho intramolecular Hbond substituents is 1. The molecule has 5 nitrogen and oxygen atoms in total. The summed E-state index contributed by atoms with van der Waals surface area (Å²) in [7, 11) is 0. The van der Waals surface area contributed by atoms with Crippen molar-refractivity contribution in [2.45, 2.75) is 33.1 Å². The number of carbonyl (C=O) groups is 2. The van der Waals surface area contributed by atoms with Crippen molar-refractivity contribution < 1.29 is 14.7 Å². The lowest BCUT2D eigenvalue weighted by Gasteiger charge is -2.19. The molecule has 24 heavy (non-hydrogen) atoms. The third-order valence-corrected chi connectivity index (χ3v) is 3.62. The average Bonchev–Trinajstić information content (AvgIpc) is 2.50. The number of phenols is 1. The van der Waals surface area contributed by atoms with Gasteiger partial charge in [0.05, 0.1) is 5.69 Å². The number of aromatic hydroxyl groups is 1. The number of nitrogens with one attached hydrogen (secondary N) is 2. The molecule has 126 valence electrons. The lowest BCUT2D eigenvalue weighted by atomic mass is 9.87. The first-order valence-electron chi connectivity index (χ1n) is 7.69. The first kappa shape index (κ1) is 17.5. The van der Waals surface area contributed by atoms with E-state index < -0.39 is 11.8 Å². The van der Waals surface area contributed by atoms with E-state index in [-0.39, 0.29) is 16.9 Å². The van der Waals surface area contributed by atoms with Gasteiger partial charge in [-0.15, -0.1) is 0 Å². The minimum atomic E-state index is -0.837. The first-order chi connectivity index (χ1) is 11.2. The zero-order chi connectivity index (χ0) is 17.9. The molecule has 0 aromatic heterocycles. The summed E-state index contributed by atoms with van der Waals surface area (Å²) in [4.78, 5) is 24.0. The summed E-state index contributed by atoms with van der Waals surface area (Å²) >= 11 is 0. The highest BCUT2D eigenvalue weighted by Gasteiger charge is 2.17. The van der Waals surface area contributed by atoms with Crippen LogP contribution in [0.1, 0.15) is 31.9 Å². The van der Waals surface area contributed by atoms with E-state index in [0.717, 1.165) is 11.1 Å². The summed E-state index contributed by atoms with van der Waals surface area (Å²) in [5, 5.41) is 14.7. The van der Waals surface area contributed by atoms with E-state index in [1.807, 2.05) is 19.1 Å². The molecular formula is C19H22N2O3. The molecule has 0 fully saturated rings. The van der Waals surface area contributed by atoms with Crippen LogP contribution < -0.4 is 10.6 Å². The number of aryl methyl sites for hydroxylation is 1. The molecule has 0 atom stereocenters. The predicted octanol–water partition coefficient (Wildman–Crippen LogP) is 3.58. The smallest absolute Gasteiger partial charge is 0.314 e. The van der Waals surface area contributed by atoms with Crippen LogP contribution in [-0.4, -0.2) is 16.9 Å². The number of anilines is 2. The molecule has 2 amide bonds. The van der Waals surface area contributed by atoms with Crippen LogP contribution in [0.3, 0.4) is 0 Å². The van der Waals surface area contributed by atoms with Gasteiger partial charge in [0.25, 0.3) is 0 Å². The van der Waals surface area contributed by atoms with Crippen LogP contribution in [0.15, 0.2) is 42.5 Å². The molecule has 0 heterocycles. The molecule has 0 bridgehead atoms. The van der Waals surface area contributed by atoms with Crippen molar-refractivity contribution in [3.8, 4) is 5.75 Å². The molecule has 2 rings (SSSR count). The maximum absolute atomic E-state index is 12.0. The molecule has 0 aliphatic carbocycles. The van der Waals surface area contributed by atoms with Crippen LogP contribution in [0, 0.1) is 6.92 Å². The monoisotopic (exact) mass is 326 g/mol. The molecule has 0 unspecified atom stereocenters. The quantitative estimate of drug-likeness (QED) is 0.583. The predicted molar refractivity (Wildman–Crippen MR) is 95.2 cm³/mol. The van der Waals surface area contributed by atoms with Gasteiger partial charge in [-0.25, -0.2) is 0 Å². The lowest BCUT2D eigenvalue weighted by Crippen LogP contribution is -2.29. The Morgan fingerprint density at radius 1 is 0.917 bits per heavy atom. The van der Waals surface area contributed by atoms with Gasteiger partial charge in [0.1, 0.15) is 5.75 Å². The highest BCUT2D eigenvalue weighted by atomic mass is 16.3. The van der Waals surface area contributed by atoms with Crippen molar-refractivity contribution in [3.63, 3.8) is 0 Å². The molecule has 3 N–H and O–H groups in total. The second-order valence-electron chi connectivity index (χ2n) is 6.76. The number of benzene rings is 2. The van der Waals surface area contributed by atoms with Gasteiger partial charge in [0.2, 0.25) is 0 Å². The van der Waals surface area contributed by atoms with Gasteiger partial charge in [-0.1, -0.05) is 39.0 Å². The normalized spacial score (nSPS) is 11.0. The third kappa shape index (κ3) is 4.35. The van der Waals surface area contributed by atoms with Crippen molar-refractivity contribution in [1.82, 2.24) is 0 Å². The molecule has 5 heteroatoms. The summed E-state index contributed by atoms with van der Waals surface area (Å²) in [6.45, 7) is 8.12. The van der Waals surface area contributed by atoms with E-state index in [9.17, 15) is 14.7 Å². The molecule has 2 aromatic rings. The van der Waals surface area contributed by atoms with Crippen molar-refractivity contribution in [2.24, 2.45) is 0 Å². The zero-order valence-corrected chi connectivity index (χ0v) is 14.3. The molecule has 0 aliphatic rings. The number of carbonyl (C=O) groups excluding carboxylic acids is 2. The van der Waals surface area contributed by atoms with Gasteiger partial charge in [-0.3, -0.25) is 9.59 Å². The largest absolute Gasteiger partial charge is 0.506 e. The molecular weight excluding hydrogens is 304 g/mol. The van der Waals surface area contributed by atoms with Crippen LogP contribution in [0.25, 0.3) is 0 Å². The highest BCUT2D eigenvalue weighted by molar-refractivity contribution is 6.43. The van der Waals surface area contributed by atoms with Crippen LogP contribution in [0.2, 0.25) is 0 Å². The average molecular weight is 326 g/mol. The summed E-state index contributed by atoms with van der Waals surface area (Å²) in [6.07, 6.45) is 0. The number of rotatable bonds is 2. The Morgan fingerprint density at radius 3 is 2.08 bits per heavy atom. The van der Waals surface area contributed by atoms with Crippen LogP contribution in [0.5, 0.6) is 5.75 Å². The maximum Gasteiger partial charge on any atom is 0.314 e. The van der Waals surface area contributed by atoms with Crippen molar-refractivity contribution >= 4 is 23.2 Å². The number of hydrogen-bond acceptors (Lipinski definition) is 3. The lowest BCUT2D eigenvalue weighted by molar-refractivity contribution is -0.133. The summed E-state index contributed by atoms with van der Waals surface area (Å²) in [6, 6.07) is 12.1. The van der Waals surface area contributed by atoms with E-state index in [0.29, 0.717) is 5.69 Å². The molecule has 0 saturated carbocycles. The standard InChI is InChI=1S/C19H22N2O3/c1-12-5-10-16(22)15(11-12)21-18(24)17(23)20-14-8-6-13(7-9-14)19(2,3)4/h5-11,22H,1-4H3,(H,20,23)(H,21,24). The maximum atomic E-state index is 12.0. The van der Waals surface area contributed by atoms with Crippen molar-refractivity contribution in [3.05, 3.63) is 53.6 Å². The molecule has 0 aliphatic heterocycles. The third-order valence-electron chi connectivity index (χ3n) is 3.62. The minimum Gasteiger partial charge on any atom is -0.506 e. The Bertz CT molecular complexity index is 759. The fraction of sp³-hybridized carbons (Fsp3) is 0.263. The van der Waals surface area contributed by atoms with Crippen molar-refractivity contribution in [1.29, 1.82) is 0 Å². The number of hydrogen-bond donors (Lipinski definition) is 3. The Morgan fingerprint density at radius 2 is 1.50 bits per heavy atom. The Kier molecular flexibility index (Phi) is 4.93. The van der Waals surface area contributed by atoms with Crippen LogP contribution in [-0.2, 0) is 15.0 Å². The summed E-state index contributed by atoms with van der Waals surface area (Å²) in [5.41, 5.74) is 2.76. The molecule has 0 spiro atoms. The molecule has 0 saturated heterocycles. The van der Waals surface area contributed by atoms with E-state index in [1.54, 1.807) is 24.3 Å². The van der Waals surface area contributed by atoms with E-state index in [4.69, 9.17) is 0 Å². The SMILES string of the molecule is Cc1ccc(O)c(NC(=O)C(=O)Nc2ccc(C(C)(C)C)cc2)c1. The molecule has 2 aromatic carbocycles. The zero-order valence-electron chi connectivity index (χ0n) is 14.3. The Hall–Kier alpha value is -2.82. The summed E-state index contributed by atoms with van der Waals surface area (Å²) in [5.74, 6) is -1.72. The van der Waals surface area contributed by atoms with Gasteiger partial charge in [0.15, 0.2) is 0 Å². The highest BCUT2D eigenvalue weighted by Crippen LogP contribution is 2.25. The van der Waals surface area contributed by atoms with Gasteiger partial charge in [0, 0.05) is 5.69 Å². The fourth-order valence-corrected chi connectivity index (χ4v) is 2.17. The van der Waals surface area contributed by atoms with E-state index in [2.05, 4.69) is 31.4 Å². The van der Waals surface area contributed by atoms with Gasteiger partial charge in [-0.05, 0) is 47.7 Å². The van der Waals surface area contributed by atoms with Gasteiger partial charge >= 0.3 is 11.8 Å². The first-order valence-corrected chi connectivity index (χ1v) is 7.69. The van der Waals surface area contributed by atoms with E-state index >= 15 is 0 Å². The molecule has 0 radical (unpaired) electrons.